The summed E-state index contributed by atoms with van der Waals surface area (Å²) < 4.78 is 24.7. The van der Waals surface area contributed by atoms with E-state index in [-0.39, 0.29) is 16.4 Å². The molecule has 0 spiro atoms. The van der Waals surface area contributed by atoms with Gasteiger partial charge >= 0.3 is 0 Å². The molecule has 0 saturated carbocycles. The van der Waals surface area contributed by atoms with Gasteiger partial charge in [0.05, 0.1) is 20.5 Å². The molecule has 0 unspecified atom stereocenters. The first-order chi connectivity index (χ1) is 12.7. The summed E-state index contributed by atoms with van der Waals surface area (Å²) in [6.45, 7) is 1.92. The predicted octanol–water partition coefficient (Wildman–Crippen LogP) is 3.52. The van der Waals surface area contributed by atoms with Crippen LogP contribution >= 0.6 is 39.1 Å². The second kappa shape index (κ2) is 7.95. The highest BCUT2D eigenvalue weighted by Gasteiger charge is 2.27. The summed E-state index contributed by atoms with van der Waals surface area (Å²) in [6.07, 6.45) is 2.62. The Morgan fingerprint density at radius 3 is 2.41 bits per heavy atom. The summed E-state index contributed by atoms with van der Waals surface area (Å²) in [7, 11) is -3.53. The zero-order valence-corrected chi connectivity index (χ0v) is 18.2. The van der Waals surface area contributed by atoms with Crippen molar-refractivity contribution >= 4 is 60.7 Å². The lowest BCUT2D eigenvalue weighted by Crippen LogP contribution is -2.49. The van der Waals surface area contributed by atoms with Gasteiger partial charge in [0.25, 0.3) is 5.91 Å². The van der Waals surface area contributed by atoms with E-state index >= 15 is 0 Å². The molecule has 27 heavy (non-hydrogen) atoms. The van der Waals surface area contributed by atoms with Crippen molar-refractivity contribution < 1.29 is 13.2 Å². The van der Waals surface area contributed by atoms with Crippen molar-refractivity contribution in [1.82, 2.24) is 9.88 Å². The lowest BCUT2D eigenvalue weighted by molar-refractivity contribution is 0.0742. The molecule has 1 aliphatic rings. The molecular weight excluding hydrogens is 477 g/mol. The summed E-state index contributed by atoms with van der Waals surface area (Å²) in [6, 6.07) is 6.28. The molecule has 3 rings (SSSR count). The Balaban J connectivity index is 1.78. The van der Waals surface area contributed by atoms with Crippen molar-refractivity contribution in [3.05, 3.63) is 50.5 Å². The quantitative estimate of drug-likeness (QED) is 0.655. The molecule has 0 N–H and O–H groups in total. The highest BCUT2D eigenvalue weighted by atomic mass is 79.9. The van der Waals surface area contributed by atoms with Crippen LogP contribution < -0.4 is 4.90 Å². The number of benzene rings is 1. The third kappa shape index (κ3) is 4.56. The largest absolute Gasteiger partial charge is 0.352 e. The Hall–Kier alpha value is -1.35. The third-order valence-electron chi connectivity index (χ3n) is 4.23. The monoisotopic (exact) mass is 491 g/mol. The van der Waals surface area contributed by atoms with Gasteiger partial charge in [-0.2, -0.15) is 0 Å². The Kier molecular flexibility index (Phi) is 6.00. The maximum atomic E-state index is 12.9. The first-order valence-corrected chi connectivity index (χ1v) is 11.5. The first-order valence-electron chi connectivity index (χ1n) is 8.01. The van der Waals surface area contributed by atoms with E-state index in [9.17, 15) is 13.2 Å². The number of piperazine rings is 1. The van der Waals surface area contributed by atoms with Crippen LogP contribution in [0.4, 0.5) is 5.82 Å². The van der Waals surface area contributed by atoms with Crippen LogP contribution in [0, 0.1) is 0 Å². The number of aromatic nitrogens is 1. The molecule has 1 saturated heterocycles. The van der Waals surface area contributed by atoms with Gasteiger partial charge in [-0.25, -0.2) is 13.4 Å². The summed E-state index contributed by atoms with van der Waals surface area (Å²) >= 11 is 15.3. The first kappa shape index (κ1) is 20.4. The number of hydrogen-bond acceptors (Lipinski definition) is 5. The van der Waals surface area contributed by atoms with Gasteiger partial charge in [0.2, 0.25) is 0 Å². The van der Waals surface area contributed by atoms with E-state index in [4.69, 9.17) is 23.2 Å². The Labute approximate surface area is 176 Å². The summed E-state index contributed by atoms with van der Waals surface area (Å²) in [5.74, 6) is 0.311. The van der Waals surface area contributed by atoms with Gasteiger partial charge in [0.15, 0.2) is 9.84 Å². The minimum Gasteiger partial charge on any atom is -0.352 e. The number of anilines is 1. The van der Waals surface area contributed by atoms with Crippen molar-refractivity contribution in [3.63, 3.8) is 0 Å². The van der Waals surface area contributed by atoms with E-state index in [1.165, 1.54) is 18.3 Å². The zero-order chi connectivity index (χ0) is 19.8. The molecule has 2 heterocycles. The average Bonchev–Trinajstić information content (AvgIpc) is 2.60. The molecular formula is C17H16BrCl2N3O3S. The SMILES string of the molecule is CS(=O)(=O)c1cc(Br)ccc1C(=O)N1CCN(c2ncc(Cl)cc2Cl)CC1. The predicted molar refractivity (Wildman–Crippen MR) is 110 cm³/mol. The highest BCUT2D eigenvalue weighted by Crippen LogP contribution is 2.28. The second-order valence-corrected chi connectivity index (χ2v) is 9.89. The molecule has 1 aromatic heterocycles. The van der Waals surface area contributed by atoms with E-state index in [2.05, 4.69) is 20.9 Å². The maximum Gasteiger partial charge on any atom is 0.255 e. The molecule has 10 heteroatoms. The van der Waals surface area contributed by atoms with Crippen LogP contribution in [0.1, 0.15) is 10.4 Å². The molecule has 0 atom stereocenters. The molecule has 1 aliphatic heterocycles. The number of hydrogen-bond donors (Lipinski definition) is 0. The summed E-state index contributed by atoms with van der Waals surface area (Å²) in [5, 5.41) is 0.913. The Bertz CT molecular complexity index is 993. The number of pyridine rings is 1. The van der Waals surface area contributed by atoms with Gasteiger partial charge in [0.1, 0.15) is 5.82 Å². The minimum atomic E-state index is -3.53. The standard InChI is InChI=1S/C17H16BrCl2N3O3S/c1-27(25,26)15-8-11(18)2-3-13(15)17(24)23-6-4-22(5-7-23)16-14(20)9-12(19)10-21-16/h2-3,8-10H,4-7H2,1H3. The number of halogens is 3. The molecule has 1 fully saturated rings. The van der Waals surface area contributed by atoms with Crippen LogP contribution in [-0.2, 0) is 9.84 Å². The molecule has 0 aliphatic carbocycles. The summed E-state index contributed by atoms with van der Waals surface area (Å²) in [4.78, 5) is 20.8. The molecule has 144 valence electrons. The van der Waals surface area contributed by atoms with E-state index < -0.39 is 9.84 Å². The van der Waals surface area contributed by atoms with Crippen molar-refractivity contribution in [2.75, 3.05) is 37.3 Å². The van der Waals surface area contributed by atoms with Crippen molar-refractivity contribution in [1.29, 1.82) is 0 Å². The van der Waals surface area contributed by atoms with Gasteiger partial charge in [0, 0.05) is 43.1 Å². The van der Waals surface area contributed by atoms with Crippen LogP contribution in [0.25, 0.3) is 0 Å². The third-order valence-corrected chi connectivity index (χ3v) is 6.34. The van der Waals surface area contributed by atoms with E-state index in [1.807, 2.05) is 4.90 Å². The Morgan fingerprint density at radius 2 is 1.81 bits per heavy atom. The van der Waals surface area contributed by atoms with Crippen LogP contribution in [0.3, 0.4) is 0 Å². The number of carbonyl (C=O) groups excluding carboxylic acids is 1. The molecule has 1 aromatic carbocycles. The molecule has 0 bridgehead atoms. The Morgan fingerprint density at radius 1 is 1.15 bits per heavy atom. The maximum absolute atomic E-state index is 12.9. The highest BCUT2D eigenvalue weighted by molar-refractivity contribution is 9.10. The zero-order valence-electron chi connectivity index (χ0n) is 14.3. The number of amides is 1. The van der Waals surface area contributed by atoms with Gasteiger partial charge < -0.3 is 9.80 Å². The van der Waals surface area contributed by atoms with Gasteiger partial charge in [-0.05, 0) is 24.3 Å². The topological polar surface area (TPSA) is 70.6 Å². The number of sulfone groups is 1. The van der Waals surface area contributed by atoms with Gasteiger partial charge in [-0.1, -0.05) is 39.1 Å². The lowest BCUT2D eigenvalue weighted by atomic mass is 10.1. The van der Waals surface area contributed by atoms with Crippen LogP contribution in [0.5, 0.6) is 0 Å². The number of rotatable bonds is 3. The normalized spacial score (nSPS) is 15.1. The lowest BCUT2D eigenvalue weighted by Gasteiger charge is -2.36. The van der Waals surface area contributed by atoms with E-state index in [1.54, 1.807) is 17.0 Å². The van der Waals surface area contributed by atoms with E-state index in [0.717, 1.165) is 6.26 Å². The van der Waals surface area contributed by atoms with Crippen molar-refractivity contribution in [2.24, 2.45) is 0 Å². The van der Waals surface area contributed by atoms with Crippen LogP contribution in [0.15, 0.2) is 39.8 Å². The fourth-order valence-corrected chi connectivity index (χ4v) is 4.82. The fraction of sp³-hybridized carbons (Fsp3) is 0.294. The minimum absolute atomic E-state index is 0.0201. The molecule has 1 amide bonds. The van der Waals surface area contributed by atoms with E-state index in [0.29, 0.717) is 46.5 Å². The van der Waals surface area contributed by atoms with Crippen molar-refractivity contribution in [3.8, 4) is 0 Å². The molecule has 6 nitrogen and oxygen atoms in total. The van der Waals surface area contributed by atoms with Gasteiger partial charge in [-0.15, -0.1) is 0 Å². The molecule has 2 aromatic rings. The smallest absolute Gasteiger partial charge is 0.255 e. The van der Waals surface area contributed by atoms with Gasteiger partial charge in [-0.3, -0.25) is 4.79 Å². The molecule has 0 radical (unpaired) electrons. The summed E-state index contributed by atoms with van der Waals surface area (Å²) in [5.41, 5.74) is 0.178. The number of carbonyl (C=O) groups is 1. The fourth-order valence-electron chi connectivity index (χ4n) is 2.91. The average molecular weight is 493 g/mol. The van der Waals surface area contributed by atoms with Crippen molar-refractivity contribution in [2.45, 2.75) is 4.90 Å². The van der Waals surface area contributed by atoms with Crippen LogP contribution in [-0.4, -0.2) is 56.6 Å². The van der Waals surface area contributed by atoms with Crippen LogP contribution in [0.2, 0.25) is 10.0 Å². The number of nitrogens with zero attached hydrogens (tertiary/aromatic N) is 3. The second-order valence-electron chi connectivity index (χ2n) is 6.15.